The third-order valence-corrected chi connectivity index (χ3v) is 4.82. The maximum atomic E-state index is 13.0. The summed E-state index contributed by atoms with van der Waals surface area (Å²) < 4.78 is 13.0. The summed E-state index contributed by atoms with van der Waals surface area (Å²) in [5, 5.41) is 3.30. The van der Waals surface area contributed by atoms with Crippen molar-refractivity contribution in [1.29, 1.82) is 0 Å². The molecule has 1 amide bonds. The number of thioether (sulfide) groups is 1. The van der Waals surface area contributed by atoms with Crippen LogP contribution in [0.1, 0.15) is 18.4 Å². The van der Waals surface area contributed by atoms with Crippen molar-refractivity contribution in [3.8, 4) is 0 Å². The van der Waals surface area contributed by atoms with E-state index in [1.54, 1.807) is 12.1 Å². The van der Waals surface area contributed by atoms with Gasteiger partial charge in [0.1, 0.15) is 5.82 Å². The highest BCUT2D eigenvalue weighted by molar-refractivity contribution is 7.99. The van der Waals surface area contributed by atoms with Crippen molar-refractivity contribution in [3.05, 3.63) is 35.6 Å². The number of halogens is 1. The fourth-order valence-corrected chi connectivity index (χ4v) is 3.41. The number of hydrogen-bond donors (Lipinski definition) is 1. The topological polar surface area (TPSA) is 32.3 Å². The third-order valence-electron chi connectivity index (χ3n) is 3.76. The minimum Gasteiger partial charge on any atom is -0.334 e. The lowest BCUT2D eigenvalue weighted by molar-refractivity contribution is -0.134. The quantitative estimate of drug-likeness (QED) is 0.922. The van der Waals surface area contributed by atoms with Crippen LogP contribution in [0.25, 0.3) is 0 Å². The molecule has 0 aromatic heterocycles. The Morgan fingerprint density at radius 1 is 1.35 bits per heavy atom. The fraction of sp³-hybridized carbons (Fsp3) is 0.533. The van der Waals surface area contributed by atoms with Crippen LogP contribution in [0.2, 0.25) is 0 Å². The van der Waals surface area contributed by atoms with E-state index in [0.29, 0.717) is 12.6 Å². The molecule has 0 bridgehead atoms. The number of carbonyl (C=O) groups excluding carboxylic acids is 1. The van der Waals surface area contributed by atoms with E-state index in [1.807, 2.05) is 16.7 Å². The number of benzene rings is 1. The van der Waals surface area contributed by atoms with Crippen molar-refractivity contribution in [2.24, 2.45) is 0 Å². The van der Waals surface area contributed by atoms with Gasteiger partial charge in [0.25, 0.3) is 0 Å². The van der Waals surface area contributed by atoms with E-state index in [2.05, 4.69) is 5.32 Å². The zero-order valence-corrected chi connectivity index (χ0v) is 12.2. The van der Waals surface area contributed by atoms with Gasteiger partial charge in [0.15, 0.2) is 0 Å². The molecule has 1 unspecified atom stereocenters. The molecular weight excluding hydrogens is 275 g/mol. The zero-order chi connectivity index (χ0) is 13.9. The lowest BCUT2D eigenvalue weighted by atomic mass is 10.2. The lowest BCUT2D eigenvalue weighted by Gasteiger charge is -2.30. The zero-order valence-electron chi connectivity index (χ0n) is 11.3. The Kier molecular flexibility index (Phi) is 4.27. The molecule has 108 valence electrons. The maximum absolute atomic E-state index is 13.0. The highest BCUT2D eigenvalue weighted by Crippen LogP contribution is 2.29. The largest absolute Gasteiger partial charge is 0.334 e. The normalized spacial score (nSPS) is 22.6. The summed E-state index contributed by atoms with van der Waals surface area (Å²) in [6, 6.07) is 6.76. The molecule has 20 heavy (non-hydrogen) atoms. The molecule has 0 spiro atoms. The monoisotopic (exact) mass is 294 g/mol. The molecular formula is C15H19FN2OS. The standard InChI is InChI=1S/C15H19FN2OS/c16-12-3-1-11(2-4-12)9-18(13-5-6-13)15(19)14-10-20-8-7-17-14/h1-4,13-14,17H,5-10H2. The summed E-state index contributed by atoms with van der Waals surface area (Å²) in [6.45, 7) is 1.49. The molecule has 1 aliphatic carbocycles. The third kappa shape index (κ3) is 3.33. The Balaban J connectivity index is 1.68. The fourth-order valence-electron chi connectivity index (χ4n) is 2.48. The van der Waals surface area contributed by atoms with Crippen LogP contribution < -0.4 is 5.32 Å². The van der Waals surface area contributed by atoms with E-state index in [0.717, 1.165) is 36.5 Å². The van der Waals surface area contributed by atoms with Crippen LogP contribution in [0.4, 0.5) is 4.39 Å². The van der Waals surface area contributed by atoms with Crippen LogP contribution in [0.3, 0.4) is 0 Å². The number of hydrogen-bond acceptors (Lipinski definition) is 3. The molecule has 5 heteroatoms. The van der Waals surface area contributed by atoms with Gasteiger partial charge in [-0.15, -0.1) is 0 Å². The molecule has 2 fully saturated rings. The molecule has 1 aromatic carbocycles. The van der Waals surface area contributed by atoms with Gasteiger partial charge in [0.05, 0.1) is 6.04 Å². The van der Waals surface area contributed by atoms with Gasteiger partial charge in [-0.3, -0.25) is 4.79 Å². The predicted octanol–water partition coefficient (Wildman–Crippen LogP) is 2.02. The van der Waals surface area contributed by atoms with Crippen LogP contribution in [0, 0.1) is 5.82 Å². The molecule has 0 radical (unpaired) electrons. The second-order valence-electron chi connectivity index (χ2n) is 5.41. The first-order chi connectivity index (χ1) is 9.74. The highest BCUT2D eigenvalue weighted by Gasteiger charge is 2.36. The lowest BCUT2D eigenvalue weighted by Crippen LogP contribution is -2.51. The summed E-state index contributed by atoms with van der Waals surface area (Å²) in [5.74, 6) is 1.89. The maximum Gasteiger partial charge on any atom is 0.241 e. The Morgan fingerprint density at radius 2 is 2.10 bits per heavy atom. The van der Waals surface area contributed by atoms with Gasteiger partial charge in [-0.2, -0.15) is 11.8 Å². The summed E-state index contributed by atoms with van der Waals surface area (Å²) in [5.41, 5.74) is 0.995. The van der Waals surface area contributed by atoms with E-state index in [1.165, 1.54) is 12.1 Å². The smallest absolute Gasteiger partial charge is 0.241 e. The molecule has 1 N–H and O–H groups in total. The number of nitrogens with zero attached hydrogens (tertiary/aromatic N) is 1. The van der Waals surface area contributed by atoms with Crippen molar-refractivity contribution in [3.63, 3.8) is 0 Å². The minimum absolute atomic E-state index is 0.0604. The van der Waals surface area contributed by atoms with Crippen molar-refractivity contribution in [2.75, 3.05) is 18.1 Å². The molecule has 1 aliphatic heterocycles. The van der Waals surface area contributed by atoms with E-state index >= 15 is 0 Å². The van der Waals surface area contributed by atoms with Crippen LogP contribution in [0.5, 0.6) is 0 Å². The first-order valence-electron chi connectivity index (χ1n) is 7.10. The minimum atomic E-state index is -0.233. The second-order valence-corrected chi connectivity index (χ2v) is 6.56. The Morgan fingerprint density at radius 3 is 2.70 bits per heavy atom. The van der Waals surface area contributed by atoms with Crippen molar-refractivity contribution in [1.82, 2.24) is 10.2 Å². The molecule has 3 rings (SSSR count). The molecule has 1 saturated heterocycles. The molecule has 2 aliphatic rings. The Labute approximate surface area is 122 Å². The predicted molar refractivity (Wildman–Crippen MR) is 79.1 cm³/mol. The van der Waals surface area contributed by atoms with Crippen molar-refractivity contribution < 1.29 is 9.18 Å². The van der Waals surface area contributed by atoms with E-state index in [-0.39, 0.29) is 17.8 Å². The molecule has 3 nitrogen and oxygen atoms in total. The van der Waals surface area contributed by atoms with Gasteiger partial charge < -0.3 is 10.2 Å². The first-order valence-corrected chi connectivity index (χ1v) is 8.25. The molecule has 1 atom stereocenters. The Bertz CT molecular complexity index is 469. The SMILES string of the molecule is O=C(C1CSCCN1)N(Cc1ccc(F)cc1)C1CC1. The van der Waals surface area contributed by atoms with Gasteiger partial charge in [0, 0.05) is 30.6 Å². The molecule has 1 aromatic rings. The second kappa shape index (κ2) is 6.14. The van der Waals surface area contributed by atoms with Crippen LogP contribution in [0.15, 0.2) is 24.3 Å². The van der Waals surface area contributed by atoms with Gasteiger partial charge in [-0.1, -0.05) is 12.1 Å². The van der Waals surface area contributed by atoms with Crippen LogP contribution >= 0.6 is 11.8 Å². The summed E-state index contributed by atoms with van der Waals surface area (Å²) in [4.78, 5) is 14.6. The molecule has 1 heterocycles. The number of carbonyl (C=O) groups is 1. The summed E-state index contributed by atoms with van der Waals surface area (Å²) in [6.07, 6.45) is 2.18. The van der Waals surface area contributed by atoms with E-state index < -0.39 is 0 Å². The van der Waals surface area contributed by atoms with E-state index in [4.69, 9.17) is 0 Å². The highest BCUT2D eigenvalue weighted by atomic mass is 32.2. The van der Waals surface area contributed by atoms with Gasteiger partial charge in [0.2, 0.25) is 5.91 Å². The van der Waals surface area contributed by atoms with Crippen molar-refractivity contribution in [2.45, 2.75) is 31.5 Å². The number of nitrogens with one attached hydrogen (secondary N) is 1. The van der Waals surface area contributed by atoms with Crippen LogP contribution in [-0.2, 0) is 11.3 Å². The van der Waals surface area contributed by atoms with E-state index in [9.17, 15) is 9.18 Å². The average molecular weight is 294 g/mol. The summed E-state index contributed by atoms with van der Waals surface area (Å²) >= 11 is 1.83. The van der Waals surface area contributed by atoms with Gasteiger partial charge in [-0.25, -0.2) is 4.39 Å². The number of amides is 1. The molecule has 1 saturated carbocycles. The van der Waals surface area contributed by atoms with Crippen molar-refractivity contribution >= 4 is 17.7 Å². The van der Waals surface area contributed by atoms with Crippen LogP contribution in [-0.4, -0.2) is 40.9 Å². The average Bonchev–Trinajstić information content (AvgIpc) is 3.31. The van der Waals surface area contributed by atoms with Gasteiger partial charge in [-0.05, 0) is 30.5 Å². The van der Waals surface area contributed by atoms with Gasteiger partial charge >= 0.3 is 0 Å². The summed E-state index contributed by atoms with van der Waals surface area (Å²) in [7, 11) is 0. The number of rotatable bonds is 4. The Hall–Kier alpha value is -1.07. The first kappa shape index (κ1) is 13.9.